The highest BCUT2D eigenvalue weighted by molar-refractivity contribution is 7.89. The van der Waals surface area contributed by atoms with Crippen molar-refractivity contribution in [1.29, 1.82) is 0 Å². The van der Waals surface area contributed by atoms with Crippen molar-refractivity contribution in [3.63, 3.8) is 0 Å². The number of nitrogens with zero attached hydrogens (tertiary/aromatic N) is 2. The van der Waals surface area contributed by atoms with Crippen molar-refractivity contribution in [2.24, 2.45) is 5.92 Å². The molecule has 6 nitrogen and oxygen atoms in total. The molecule has 2 N–H and O–H groups in total. The van der Waals surface area contributed by atoms with Crippen molar-refractivity contribution in [1.82, 2.24) is 19.8 Å². The van der Waals surface area contributed by atoms with Crippen LogP contribution in [0.15, 0.2) is 4.90 Å². The van der Waals surface area contributed by atoms with Crippen LogP contribution in [0.4, 0.5) is 0 Å². The summed E-state index contributed by atoms with van der Waals surface area (Å²) in [5.74, 6) is 0.245. The molecule has 0 fully saturated rings. The first kappa shape index (κ1) is 18.1. The fourth-order valence-corrected chi connectivity index (χ4v) is 3.83. The predicted molar refractivity (Wildman–Crippen MR) is 84.5 cm³/mol. The van der Waals surface area contributed by atoms with Crippen LogP contribution in [0.5, 0.6) is 0 Å². The summed E-state index contributed by atoms with van der Waals surface area (Å²) in [5, 5.41) is 10.2. The molecule has 122 valence electrons. The molecule has 0 aromatic carbocycles. The Morgan fingerprint density at radius 3 is 2.29 bits per heavy atom. The van der Waals surface area contributed by atoms with Crippen LogP contribution in [-0.2, 0) is 16.6 Å². The minimum atomic E-state index is -3.55. The molecule has 1 atom stereocenters. The molecule has 7 heteroatoms. The summed E-state index contributed by atoms with van der Waals surface area (Å²) in [7, 11) is -1.92. The summed E-state index contributed by atoms with van der Waals surface area (Å²) in [5.41, 5.74) is 1.13. The van der Waals surface area contributed by atoms with Gasteiger partial charge in [0.05, 0.1) is 11.4 Å². The van der Waals surface area contributed by atoms with Gasteiger partial charge in [0.2, 0.25) is 10.0 Å². The topological polar surface area (TPSA) is 78.1 Å². The van der Waals surface area contributed by atoms with Crippen LogP contribution in [0.25, 0.3) is 0 Å². The van der Waals surface area contributed by atoms with Gasteiger partial charge in [-0.2, -0.15) is 9.40 Å². The van der Waals surface area contributed by atoms with E-state index in [0.717, 1.165) is 0 Å². The lowest BCUT2D eigenvalue weighted by molar-refractivity contribution is 0.315. The first-order valence-corrected chi connectivity index (χ1v) is 8.78. The summed E-state index contributed by atoms with van der Waals surface area (Å²) in [6, 6.07) is 0.195. The second-order valence-electron chi connectivity index (χ2n) is 6.17. The molecule has 0 aliphatic heterocycles. The molecule has 0 amide bonds. The molecule has 0 aliphatic rings. The summed E-state index contributed by atoms with van der Waals surface area (Å²) in [6.45, 7) is 12.2. The molecular formula is C14H28N4O2S. The average molecular weight is 316 g/mol. The quantitative estimate of drug-likeness (QED) is 0.805. The molecule has 0 saturated heterocycles. The van der Waals surface area contributed by atoms with E-state index in [0.29, 0.717) is 22.8 Å². The minimum absolute atomic E-state index is 0.0739. The molecule has 0 bridgehead atoms. The number of nitrogens with one attached hydrogen (secondary N) is 2. The Balaban J connectivity index is 3.16. The van der Waals surface area contributed by atoms with Gasteiger partial charge in [-0.3, -0.25) is 5.10 Å². The predicted octanol–water partition coefficient (Wildman–Crippen LogP) is 1.88. The Morgan fingerprint density at radius 1 is 1.24 bits per heavy atom. The molecule has 1 aromatic heterocycles. The Kier molecular flexibility index (Phi) is 5.95. The maximum atomic E-state index is 12.9. The first-order valence-electron chi connectivity index (χ1n) is 7.34. The Morgan fingerprint density at radius 2 is 1.81 bits per heavy atom. The van der Waals surface area contributed by atoms with Gasteiger partial charge in [0, 0.05) is 25.7 Å². The van der Waals surface area contributed by atoms with E-state index in [9.17, 15) is 8.42 Å². The highest BCUT2D eigenvalue weighted by Gasteiger charge is 2.32. The highest BCUT2D eigenvalue weighted by atomic mass is 32.2. The van der Waals surface area contributed by atoms with E-state index in [4.69, 9.17) is 0 Å². The second-order valence-corrected chi connectivity index (χ2v) is 8.10. The first-order chi connectivity index (χ1) is 9.59. The van der Waals surface area contributed by atoms with E-state index in [1.807, 2.05) is 34.6 Å². The van der Waals surface area contributed by atoms with Crippen molar-refractivity contribution in [2.75, 3.05) is 7.05 Å². The van der Waals surface area contributed by atoms with Crippen LogP contribution >= 0.6 is 0 Å². The van der Waals surface area contributed by atoms with Crippen LogP contribution in [0.1, 0.15) is 46.0 Å². The number of sulfonamides is 1. The Hall–Kier alpha value is -0.920. The molecule has 1 heterocycles. The summed E-state index contributed by atoms with van der Waals surface area (Å²) < 4.78 is 27.2. The second kappa shape index (κ2) is 6.89. The summed E-state index contributed by atoms with van der Waals surface area (Å²) in [4.78, 5) is 0.297. The van der Waals surface area contributed by atoms with Crippen LogP contribution < -0.4 is 5.32 Å². The third kappa shape index (κ3) is 4.05. The van der Waals surface area contributed by atoms with Gasteiger partial charge in [-0.25, -0.2) is 8.42 Å². The standard InChI is InChI=1S/C14H28N4O2S/c1-9(2)12(6)18(7)21(19,20)14-11(5)16-17-13(14)8-15-10(3)4/h9-10,12,15H,8H2,1-7H3,(H,16,17). The minimum Gasteiger partial charge on any atom is -0.309 e. The number of aromatic nitrogens is 2. The molecule has 1 rings (SSSR count). The lowest BCUT2D eigenvalue weighted by atomic mass is 10.1. The molecule has 0 spiro atoms. The van der Waals surface area contributed by atoms with Gasteiger partial charge in [-0.1, -0.05) is 27.7 Å². The van der Waals surface area contributed by atoms with Gasteiger partial charge in [0.25, 0.3) is 0 Å². The molecule has 0 saturated carbocycles. The van der Waals surface area contributed by atoms with Crippen molar-refractivity contribution < 1.29 is 8.42 Å². The third-order valence-corrected chi connectivity index (χ3v) is 5.96. The summed E-state index contributed by atoms with van der Waals surface area (Å²) in [6.07, 6.45) is 0. The molecular weight excluding hydrogens is 288 g/mol. The number of rotatable bonds is 7. The normalized spacial score (nSPS) is 14.4. The number of hydrogen-bond donors (Lipinski definition) is 2. The number of hydrogen-bond acceptors (Lipinski definition) is 4. The van der Waals surface area contributed by atoms with Crippen molar-refractivity contribution in [3.8, 4) is 0 Å². The maximum absolute atomic E-state index is 12.9. The smallest absolute Gasteiger partial charge is 0.246 e. The van der Waals surface area contributed by atoms with Gasteiger partial charge < -0.3 is 5.32 Å². The number of aromatic amines is 1. The molecule has 0 aliphatic carbocycles. The van der Waals surface area contributed by atoms with Gasteiger partial charge in [-0.15, -0.1) is 0 Å². The fourth-order valence-electron chi connectivity index (χ4n) is 2.02. The Bertz CT molecular complexity index is 564. The third-order valence-electron chi connectivity index (χ3n) is 3.81. The van der Waals surface area contributed by atoms with Gasteiger partial charge in [-0.05, 0) is 19.8 Å². The van der Waals surface area contributed by atoms with E-state index < -0.39 is 10.0 Å². The zero-order valence-electron chi connectivity index (χ0n) is 14.1. The SMILES string of the molecule is Cc1[nH]nc(CNC(C)C)c1S(=O)(=O)N(C)C(C)C(C)C. The lowest BCUT2D eigenvalue weighted by Crippen LogP contribution is -2.39. The van der Waals surface area contributed by atoms with E-state index in [1.54, 1.807) is 14.0 Å². The van der Waals surface area contributed by atoms with E-state index in [-0.39, 0.29) is 18.0 Å². The molecule has 0 radical (unpaired) electrons. The van der Waals surface area contributed by atoms with Crippen molar-refractivity contribution in [2.45, 2.75) is 65.1 Å². The lowest BCUT2D eigenvalue weighted by Gasteiger charge is -2.27. The monoisotopic (exact) mass is 316 g/mol. The molecule has 1 unspecified atom stereocenters. The van der Waals surface area contributed by atoms with Gasteiger partial charge in [0.1, 0.15) is 4.90 Å². The highest BCUT2D eigenvalue weighted by Crippen LogP contribution is 2.24. The van der Waals surface area contributed by atoms with Crippen LogP contribution in [0, 0.1) is 12.8 Å². The maximum Gasteiger partial charge on any atom is 0.246 e. The van der Waals surface area contributed by atoms with Crippen LogP contribution in [-0.4, -0.2) is 42.1 Å². The van der Waals surface area contributed by atoms with Gasteiger partial charge in [0.15, 0.2) is 0 Å². The number of aryl methyl sites for hydroxylation is 1. The Labute approximate surface area is 128 Å². The molecule has 21 heavy (non-hydrogen) atoms. The van der Waals surface area contributed by atoms with E-state index in [1.165, 1.54) is 4.31 Å². The van der Waals surface area contributed by atoms with Crippen LogP contribution in [0.3, 0.4) is 0 Å². The number of H-pyrrole nitrogens is 1. The van der Waals surface area contributed by atoms with E-state index in [2.05, 4.69) is 15.5 Å². The van der Waals surface area contributed by atoms with E-state index >= 15 is 0 Å². The van der Waals surface area contributed by atoms with Crippen LogP contribution in [0.2, 0.25) is 0 Å². The van der Waals surface area contributed by atoms with Crippen molar-refractivity contribution in [3.05, 3.63) is 11.4 Å². The summed E-state index contributed by atoms with van der Waals surface area (Å²) >= 11 is 0. The average Bonchev–Trinajstić information content (AvgIpc) is 2.76. The largest absolute Gasteiger partial charge is 0.309 e. The molecule has 1 aromatic rings. The zero-order chi connectivity index (χ0) is 16.4. The fraction of sp³-hybridized carbons (Fsp3) is 0.786. The van der Waals surface area contributed by atoms with Gasteiger partial charge >= 0.3 is 0 Å². The van der Waals surface area contributed by atoms with Crippen molar-refractivity contribution >= 4 is 10.0 Å². The zero-order valence-corrected chi connectivity index (χ0v) is 14.9.